The summed E-state index contributed by atoms with van der Waals surface area (Å²) in [5, 5.41) is -0.498. The Morgan fingerprint density at radius 3 is 1.85 bits per heavy atom. The largest absolute Gasteiger partial charge is 0.471 e. The van der Waals surface area contributed by atoms with Crippen molar-refractivity contribution in [1.82, 2.24) is 0 Å². The number of primary amides is 1. The Kier molecular flexibility index (Phi) is 32.1. The first-order valence-electron chi connectivity index (χ1n) is 2.91. The molecule has 0 aliphatic heterocycles. The van der Waals surface area contributed by atoms with Gasteiger partial charge < -0.3 is 16.2 Å². The molecule has 1 amide bonds. The second-order valence-electron chi connectivity index (χ2n) is 1.51. The monoisotopic (exact) mass is 268 g/mol. The molecule has 0 aliphatic carbocycles. The number of carbonyl (C=O) groups excluding carboxylic acids is 1. The summed E-state index contributed by atoms with van der Waals surface area (Å²) in [6.45, 7) is 2.63. The van der Waals surface area contributed by atoms with Crippen molar-refractivity contribution in [1.29, 1.82) is 0 Å². The lowest BCUT2D eigenvalue weighted by molar-refractivity contribution is 0.267. The van der Waals surface area contributed by atoms with Crippen molar-refractivity contribution in [3.63, 3.8) is 0 Å². The van der Waals surface area contributed by atoms with Crippen molar-refractivity contribution in [2.75, 3.05) is 6.61 Å². The number of thiol groups is 1. The number of rotatable bonds is 2. The SMILES string of the molecule is CCCOC(N)=S.Cl.Cl.NC(=O)S. The lowest BCUT2D eigenvalue weighted by Crippen LogP contribution is -2.12. The molecule has 0 rings (SSSR count). The number of hydrogen-bond acceptors (Lipinski definition) is 3. The molecule has 0 fully saturated rings. The topological polar surface area (TPSA) is 78.3 Å². The van der Waals surface area contributed by atoms with Gasteiger partial charge in [0, 0.05) is 0 Å². The highest BCUT2D eigenvalue weighted by Gasteiger charge is 1.81. The molecule has 0 aromatic carbocycles. The highest BCUT2D eigenvalue weighted by atomic mass is 35.5. The van der Waals surface area contributed by atoms with E-state index in [2.05, 4.69) is 30.6 Å². The normalized spacial score (nSPS) is 6.31. The molecule has 0 radical (unpaired) electrons. The predicted molar refractivity (Wildman–Crippen MR) is 66.1 cm³/mol. The van der Waals surface area contributed by atoms with E-state index in [-0.39, 0.29) is 30.0 Å². The first-order chi connectivity index (χ1) is 5.00. The van der Waals surface area contributed by atoms with Crippen LogP contribution in [-0.2, 0) is 4.74 Å². The summed E-state index contributed by atoms with van der Waals surface area (Å²) in [7, 11) is 0. The second-order valence-corrected chi connectivity index (χ2v) is 2.35. The van der Waals surface area contributed by atoms with Crippen LogP contribution in [0.4, 0.5) is 4.79 Å². The van der Waals surface area contributed by atoms with Crippen LogP contribution in [0.15, 0.2) is 0 Å². The third-order valence-electron chi connectivity index (χ3n) is 0.448. The lowest BCUT2D eigenvalue weighted by Gasteiger charge is -1.96. The van der Waals surface area contributed by atoms with E-state index in [4.69, 9.17) is 15.3 Å². The van der Waals surface area contributed by atoms with Crippen molar-refractivity contribution < 1.29 is 9.53 Å². The fourth-order valence-electron chi connectivity index (χ4n) is 0.203. The highest BCUT2D eigenvalue weighted by Crippen LogP contribution is 1.77. The smallest absolute Gasteiger partial charge is 0.273 e. The van der Waals surface area contributed by atoms with E-state index in [1.807, 2.05) is 6.92 Å². The highest BCUT2D eigenvalue weighted by molar-refractivity contribution is 7.96. The molecule has 0 aliphatic rings. The standard InChI is InChI=1S/C4H9NOS.CH3NOS.2ClH/c1-2-3-6-4(5)7;2-1(3)4;;/h2-3H2,1H3,(H2,5,7);(H3,2,3,4);2*1H. The number of amides is 1. The zero-order chi connectivity index (χ0) is 9.28. The maximum Gasteiger partial charge on any atom is 0.273 e. The third-order valence-corrected chi connectivity index (χ3v) is 0.566. The predicted octanol–water partition coefficient (Wildman–Crippen LogP) is 1.50. The van der Waals surface area contributed by atoms with Gasteiger partial charge in [-0.15, -0.1) is 24.8 Å². The van der Waals surface area contributed by atoms with Gasteiger partial charge in [-0.25, -0.2) is 0 Å². The van der Waals surface area contributed by atoms with Crippen LogP contribution in [0.2, 0.25) is 0 Å². The van der Waals surface area contributed by atoms with Gasteiger partial charge in [-0.1, -0.05) is 19.6 Å². The molecular weight excluding hydrogens is 255 g/mol. The molecule has 8 heteroatoms. The van der Waals surface area contributed by atoms with Crippen LogP contribution < -0.4 is 11.5 Å². The molecule has 0 saturated carbocycles. The average Bonchev–Trinajstić information content (AvgIpc) is 1.82. The van der Waals surface area contributed by atoms with Gasteiger partial charge in [0.05, 0.1) is 6.61 Å². The van der Waals surface area contributed by atoms with E-state index in [1.165, 1.54) is 0 Å². The number of ether oxygens (including phenoxy) is 1. The number of hydrogen-bond donors (Lipinski definition) is 3. The summed E-state index contributed by atoms with van der Waals surface area (Å²) in [6, 6.07) is 0. The van der Waals surface area contributed by atoms with Crippen LogP contribution >= 0.6 is 49.7 Å². The van der Waals surface area contributed by atoms with Crippen molar-refractivity contribution in [2.24, 2.45) is 11.5 Å². The van der Waals surface area contributed by atoms with Crippen LogP contribution in [-0.4, -0.2) is 17.0 Å². The van der Waals surface area contributed by atoms with Crippen molar-refractivity contribution in [3.8, 4) is 0 Å². The Labute approximate surface area is 101 Å². The maximum atomic E-state index is 9.09. The fourth-order valence-corrected chi connectivity index (χ4v) is 0.286. The minimum absolute atomic E-state index is 0. The summed E-state index contributed by atoms with van der Waals surface area (Å²) in [5.41, 5.74) is 9.32. The van der Waals surface area contributed by atoms with Crippen molar-refractivity contribution in [3.05, 3.63) is 0 Å². The molecule has 0 atom stereocenters. The summed E-state index contributed by atoms with van der Waals surface area (Å²) >= 11 is 7.52. The number of thiocarbonyl (C=S) groups is 1. The molecule has 4 nitrogen and oxygen atoms in total. The minimum atomic E-state index is -0.639. The molecule has 0 aromatic heterocycles. The van der Waals surface area contributed by atoms with E-state index in [0.717, 1.165) is 6.42 Å². The van der Waals surface area contributed by atoms with Gasteiger partial charge in [-0.2, -0.15) is 0 Å². The zero-order valence-electron chi connectivity index (χ0n) is 7.06. The summed E-state index contributed by atoms with van der Waals surface area (Å²) in [4.78, 5) is 9.09. The molecule has 4 N–H and O–H groups in total. The maximum absolute atomic E-state index is 9.09. The average molecular weight is 269 g/mol. The summed E-state index contributed by atoms with van der Waals surface area (Å²) in [5.74, 6) is 0. The summed E-state index contributed by atoms with van der Waals surface area (Å²) < 4.78 is 4.70. The van der Waals surface area contributed by atoms with Crippen LogP contribution in [0, 0.1) is 0 Å². The van der Waals surface area contributed by atoms with E-state index >= 15 is 0 Å². The van der Waals surface area contributed by atoms with Crippen LogP contribution in [0.25, 0.3) is 0 Å². The molecule has 13 heavy (non-hydrogen) atoms. The van der Waals surface area contributed by atoms with Gasteiger partial charge in [0.1, 0.15) is 0 Å². The number of nitrogens with two attached hydrogens (primary N) is 2. The molecule has 0 spiro atoms. The molecule has 0 aromatic rings. The van der Waals surface area contributed by atoms with Gasteiger partial charge in [0.25, 0.3) is 10.4 Å². The molecule has 0 unspecified atom stereocenters. The first kappa shape index (κ1) is 23.2. The second kappa shape index (κ2) is 18.0. The van der Waals surface area contributed by atoms with Crippen LogP contribution in [0.1, 0.15) is 13.3 Å². The van der Waals surface area contributed by atoms with Crippen LogP contribution in [0.5, 0.6) is 0 Å². The van der Waals surface area contributed by atoms with Gasteiger partial charge in [-0.3, -0.25) is 4.79 Å². The Morgan fingerprint density at radius 2 is 1.77 bits per heavy atom. The van der Waals surface area contributed by atoms with E-state index in [0.29, 0.717) is 6.61 Å². The number of carbonyl (C=O) groups is 1. The van der Waals surface area contributed by atoms with Gasteiger partial charge in [0.15, 0.2) is 0 Å². The van der Waals surface area contributed by atoms with Crippen LogP contribution in [0.3, 0.4) is 0 Å². The lowest BCUT2D eigenvalue weighted by atomic mass is 10.5. The van der Waals surface area contributed by atoms with Crippen molar-refractivity contribution >= 4 is 60.1 Å². The van der Waals surface area contributed by atoms with E-state index < -0.39 is 5.24 Å². The fraction of sp³-hybridized carbons (Fsp3) is 0.600. The van der Waals surface area contributed by atoms with E-state index in [9.17, 15) is 0 Å². The molecular formula is C5H14Cl2N2O2S2. The molecule has 0 bridgehead atoms. The third kappa shape index (κ3) is 73.6. The summed E-state index contributed by atoms with van der Waals surface area (Å²) in [6.07, 6.45) is 0.956. The minimum Gasteiger partial charge on any atom is -0.471 e. The van der Waals surface area contributed by atoms with Gasteiger partial charge in [-0.05, 0) is 18.6 Å². The first-order valence-corrected chi connectivity index (χ1v) is 3.76. The Morgan fingerprint density at radius 1 is 1.46 bits per heavy atom. The van der Waals surface area contributed by atoms with Crippen molar-refractivity contribution in [2.45, 2.75) is 13.3 Å². The molecule has 82 valence electrons. The molecule has 0 heterocycles. The number of halogens is 2. The van der Waals surface area contributed by atoms with Gasteiger partial charge in [0.2, 0.25) is 0 Å². The Bertz CT molecular complexity index is 134. The molecule has 0 saturated heterocycles. The zero-order valence-corrected chi connectivity index (χ0v) is 10.4. The van der Waals surface area contributed by atoms with E-state index in [1.54, 1.807) is 0 Å². The Hall–Kier alpha value is 0.0900. The Balaban J connectivity index is -0.0000000600. The van der Waals surface area contributed by atoms with Gasteiger partial charge >= 0.3 is 0 Å². The quantitative estimate of drug-likeness (QED) is 0.524.